The summed E-state index contributed by atoms with van der Waals surface area (Å²) in [5.74, 6) is 0. The Morgan fingerprint density at radius 1 is 0.947 bits per heavy atom. The first-order valence-electron chi connectivity index (χ1n) is 6.02. The van der Waals surface area contributed by atoms with Crippen molar-refractivity contribution >= 4 is 19.4 Å². The minimum absolute atomic E-state index is 0. The number of benzene rings is 2. The number of carbonyl (C=O) groups excluding carboxylic acids is 1. The molecule has 0 amide bonds. The van der Waals surface area contributed by atoms with Gasteiger partial charge >= 0.3 is 18.9 Å². The molecule has 0 saturated heterocycles. The smallest absolute Gasteiger partial charge is 1.00 e. The van der Waals surface area contributed by atoms with Crippen molar-refractivity contribution in [2.75, 3.05) is 0 Å². The molecule has 0 radical (unpaired) electrons. The minimum Gasteiger partial charge on any atom is -1.00 e. The summed E-state index contributed by atoms with van der Waals surface area (Å²) in [6.07, 6.45) is 0. The first kappa shape index (κ1) is 16.2. The van der Waals surface area contributed by atoms with E-state index in [1.165, 1.54) is 5.56 Å². The third-order valence-electron chi connectivity index (χ3n) is 3.02. The quantitative estimate of drug-likeness (QED) is 0.594. The van der Waals surface area contributed by atoms with Crippen LogP contribution in [0.3, 0.4) is 0 Å². The summed E-state index contributed by atoms with van der Waals surface area (Å²) < 4.78 is 0. The zero-order chi connectivity index (χ0) is 13.1. The first-order valence-corrected chi connectivity index (χ1v) is 7.02. The van der Waals surface area contributed by atoms with Crippen LogP contribution in [0.4, 0.5) is 0 Å². The molecule has 0 aliphatic heterocycles. The molecule has 2 rings (SSSR count). The Labute approximate surface area is 130 Å². The number of rotatable bonds is 3. The fraction of sp³-hybridized carbons (Fsp3) is 0.188. The van der Waals surface area contributed by atoms with Crippen molar-refractivity contribution in [2.24, 2.45) is 0 Å². The number of hydrogen-bond donors (Lipinski definition) is 0. The topological polar surface area (TPSA) is 17.1 Å². The van der Waals surface area contributed by atoms with Crippen LogP contribution in [0.1, 0.15) is 28.5 Å². The molecule has 2 aromatic carbocycles. The van der Waals surface area contributed by atoms with Gasteiger partial charge in [-0.25, -0.2) is 0 Å². The molecule has 0 saturated carbocycles. The van der Waals surface area contributed by atoms with Crippen LogP contribution in [0.5, 0.6) is 0 Å². The number of carbonyl (C=O) groups is 1. The van der Waals surface area contributed by atoms with Crippen molar-refractivity contribution in [2.45, 2.75) is 20.8 Å². The molecular weight excluding hydrogens is 246 g/mol. The molecular formula is C16H18LiOP. The van der Waals surface area contributed by atoms with E-state index < -0.39 is 0 Å². The summed E-state index contributed by atoms with van der Waals surface area (Å²) >= 11 is 0. The summed E-state index contributed by atoms with van der Waals surface area (Å²) in [7, 11) is 0.206. The molecule has 0 spiro atoms. The van der Waals surface area contributed by atoms with Gasteiger partial charge in [0.25, 0.3) is 0 Å². The number of aryl methyl sites for hydroxylation is 3. The fourth-order valence-electron chi connectivity index (χ4n) is 2.00. The van der Waals surface area contributed by atoms with Gasteiger partial charge in [-0.1, -0.05) is 48.0 Å². The summed E-state index contributed by atoms with van der Waals surface area (Å²) in [6.45, 7) is 6.06. The van der Waals surface area contributed by atoms with E-state index in [1.807, 2.05) is 44.2 Å². The predicted molar refractivity (Wildman–Crippen MR) is 80.5 cm³/mol. The molecule has 0 aliphatic carbocycles. The van der Waals surface area contributed by atoms with Crippen LogP contribution in [0.2, 0.25) is 0 Å². The van der Waals surface area contributed by atoms with Gasteiger partial charge in [-0.3, -0.25) is 4.79 Å². The van der Waals surface area contributed by atoms with Gasteiger partial charge in [-0.05, 0) is 45.8 Å². The molecule has 0 fully saturated rings. The van der Waals surface area contributed by atoms with Crippen molar-refractivity contribution < 1.29 is 25.1 Å². The number of hydrogen-bond acceptors (Lipinski definition) is 1. The Hall–Kier alpha value is -0.863. The molecule has 0 heterocycles. The third kappa shape index (κ3) is 4.05. The average Bonchev–Trinajstić information content (AvgIpc) is 2.32. The van der Waals surface area contributed by atoms with Crippen LogP contribution < -0.4 is 24.2 Å². The maximum absolute atomic E-state index is 12.4. The first-order chi connectivity index (χ1) is 8.58. The largest absolute Gasteiger partial charge is 1.00 e. The van der Waals surface area contributed by atoms with E-state index in [9.17, 15) is 4.79 Å². The van der Waals surface area contributed by atoms with Crippen LogP contribution in [0, 0.1) is 20.8 Å². The van der Waals surface area contributed by atoms with E-state index in [-0.39, 0.29) is 34.4 Å². The molecule has 2 aromatic rings. The van der Waals surface area contributed by atoms with Gasteiger partial charge in [0, 0.05) is 5.56 Å². The van der Waals surface area contributed by atoms with Gasteiger partial charge in [0.1, 0.15) is 0 Å². The fourth-order valence-corrected chi connectivity index (χ4v) is 3.12. The van der Waals surface area contributed by atoms with Crippen LogP contribution >= 0.6 is 8.58 Å². The van der Waals surface area contributed by atoms with Crippen LogP contribution in [-0.4, -0.2) is 5.52 Å². The van der Waals surface area contributed by atoms with Crippen molar-refractivity contribution in [3.8, 4) is 0 Å². The average molecular weight is 264 g/mol. The Morgan fingerprint density at radius 3 is 2.00 bits per heavy atom. The SMILES string of the molecule is Cc1ccc(PC(=O)c2c(C)cccc2C)cc1.[H-].[Li+]. The van der Waals surface area contributed by atoms with Crippen molar-refractivity contribution in [1.29, 1.82) is 0 Å². The molecule has 1 atom stereocenters. The standard InChI is InChI=1S/C16H17OP.Li.H/c1-11-7-9-14(10-8-11)18-16(17)15-12(2)5-4-6-13(15)3;;/h4-10,18H,1-3H3;;/q;+1;-1. The van der Waals surface area contributed by atoms with E-state index in [1.54, 1.807) is 0 Å². The van der Waals surface area contributed by atoms with E-state index in [0.717, 1.165) is 22.0 Å². The maximum Gasteiger partial charge on any atom is 1.00 e. The Bertz CT molecular complexity index is 561. The van der Waals surface area contributed by atoms with Crippen LogP contribution in [0.25, 0.3) is 0 Å². The molecule has 0 bridgehead atoms. The normalized spacial score (nSPS) is 10.5. The molecule has 1 unspecified atom stereocenters. The van der Waals surface area contributed by atoms with Crippen LogP contribution in [0.15, 0.2) is 42.5 Å². The summed E-state index contributed by atoms with van der Waals surface area (Å²) in [4.78, 5) is 12.4. The Kier molecular flexibility index (Phi) is 6.02. The molecule has 94 valence electrons. The van der Waals surface area contributed by atoms with Gasteiger partial charge < -0.3 is 1.43 Å². The molecule has 19 heavy (non-hydrogen) atoms. The van der Waals surface area contributed by atoms with Gasteiger partial charge in [0.2, 0.25) is 0 Å². The summed E-state index contributed by atoms with van der Waals surface area (Å²) in [5.41, 5.74) is 4.48. The monoisotopic (exact) mass is 264 g/mol. The zero-order valence-electron chi connectivity index (χ0n) is 12.9. The van der Waals surface area contributed by atoms with Gasteiger partial charge in [0.15, 0.2) is 5.52 Å². The predicted octanol–water partition coefficient (Wildman–Crippen LogP) is 0.873. The maximum atomic E-state index is 12.4. The van der Waals surface area contributed by atoms with E-state index in [0.29, 0.717) is 0 Å². The van der Waals surface area contributed by atoms with Crippen LogP contribution in [-0.2, 0) is 0 Å². The summed E-state index contributed by atoms with van der Waals surface area (Å²) in [6, 6.07) is 14.2. The van der Waals surface area contributed by atoms with E-state index in [2.05, 4.69) is 19.1 Å². The van der Waals surface area contributed by atoms with Gasteiger partial charge in [0.05, 0.1) is 0 Å². The van der Waals surface area contributed by atoms with Gasteiger partial charge in [-0.15, -0.1) is 0 Å². The van der Waals surface area contributed by atoms with E-state index in [4.69, 9.17) is 0 Å². The Balaban J connectivity index is 0.00000180. The van der Waals surface area contributed by atoms with Crippen molar-refractivity contribution in [1.82, 2.24) is 0 Å². The Morgan fingerprint density at radius 2 is 1.47 bits per heavy atom. The third-order valence-corrected chi connectivity index (χ3v) is 4.12. The summed E-state index contributed by atoms with van der Waals surface area (Å²) in [5, 5.41) is 1.10. The molecule has 0 N–H and O–H groups in total. The van der Waals surface area contributed by atoms with Crippen molar-refractivity contribution in [3.63, 3.8) is 0 Å². The second kappa shape index (κ2) is 7.06. The molecule has 3 heteroatoms. The van der Waals surface area contributed by atoms with E-state index >= 15 is 0 Å². The second-order valence-corrected chi connectivity index (χ2v) is 5.87. The molecule has 0 aliphatic rings. The molecule has 1 nitrogen and oxygen atoms in total. The van der Waals surface area contributed by atoms with Crippen molar-refractivity contribution in [3.05, 3.63) is 64.7 Å². The minimum atomic E-state index is 0. The zero-order valence-corrected chi connectivity index (χ0v) is 12.9. The molecule has 0 aromatic heterocycles. The van der Waals surface area contributed by atoms with Gasteiger partial charge in [-0.2, -0.15) is 0 Å². The second-order valence-electron chi connectivity index (χ2n) is 4.59.